The van der Waals surface area contributed by atoms with Gasteiger partial charge in [-0.15, -0.1) is 0 Å². The first-order chi connectivity index (χ1) is 12.8. The Bertz CT molecular complexity index is 904. The monoisotopic (exact) mass is 363 g/mol. The third-order valence-electron chi connectivity index (χ3n) is 4.41. The third kappa shape index (κ3) is 4.76. The molecule has 3 aromatic rings. The summed E-state index contributed by atoms with van der Waals surface area (Å²) in [6, 6.07) is 15.1. The lowest BCUT2D eigenvalue weighted by Crippen LogP contribution is -2.14. The van der Waals surface area contributed by atoms with Crippen molar-refractivity contribution >= 4 is 11.6 Å². The zero-order valence-electron chi connectivity index (χ0n) is 16.2. The van der Waals surface area contributed by atoms with E-state index in [0.29, 0.717) is 12.2 Å². The molecule has 1 aromatic heterocycles. The molecule has 1 heterocycles. The number of nitrogens with zero attached hydrogens (tertiary/aromatic N) is 2. The largest absolute Gasteiger partial charge is 0.486 e. The summed E-state index contributed by atoms with van der Waals surface area (Å²) in [6.07, 6.45) is 3.62. The molecular weight excluding hydrogens is 338 g/mol. The van der Waals surface area contributed by atoms with Crippen molar-refractivity contribution in [3.63, 3.8) is 0 Å². The number of ether oxygens (including phenoxy) is 1. The Hall–Kier alpha value is -3.08. The van der Waals surface area contributed by atoms with E-state index in [1.165, 1.54) is 5.56 Å². The number of hydrogen-bond acceptors (Lipinski definition) is 3. The first-order valence-corrected chi connectivity index (χ1v) is 8.94. The standard InChI is InChI=1S/C22H25N3O2/c1-22(2,3)17-7-5-16(6-8-17)21(26)24-18-9-11-19(12-10-18)27-15-20-23-13-14-25(20)4/h5-14H,15H2,1-4H3,(H,24,26). The Kier molecular flexibility index (Phi) is 5.31. The van der Waals surface area contributed by atoms with Crippen LogP contribution in [0.5, 0.6) is 5.75 Å². The van der Waals surface area contributed by atoms with Gasteiger partial charge in [0.2, 0.25) is 0 Å². The molecule has 2 aromatic carbocycles. The van der Waals surface area contributed by atoms with Gasteiger partial charge in [0.15, 0.2) is 0 Å². The number of amides is 1. The highest BCUT2D eigenvalue weighted by molar-refractivity contribution is 6.04. The van der Waals surface area contributed by atoms with Gasteiger partial charge in [-0.1, -0.05) is 32.9 Å². The number of carbonyl (C=O) groups excluding carboxylic acids is 1. The van der Waals surface area contributed by atoms with Gasteiger partial charge >= 0.3 is 0 Å². The Morgan fingerprint density at radius 1 is 1.07 bits per heavy atom. The van der Waals surface area contributed by atoms with Crippen LogP contribution in [0, 0.1) is 0 Å². The number of nitrogens with one attached hydrogen (secondary N) is 1. The van der Waals surface area contributed by atoms with Crippen molar-refractivity contribution in [3.8, 4) is 5.75 Å². The fourth-order valence-corrected chi connectivity index (χ4v) is 2.64. The van der Waals surface area contributed by atoms with Gasteiger partial charge in [-0.05, 0) is 47.4 Å². The molecule has 0 bridgehead atoms. The van der Waals surface area contributed by atoms with Crippen molar-refractivity contribution in [2.75, 3.05) is 5.32 Å². The molecular formula is C22H25N3O2. The maximum absolute atomic E-state index is 12.4. The van der Waals surface area contributed by atoms with Crippen LogP contribution in [0.3, 0.4) is 0 Å². The van der Waals surface area contributed by atoms with Gasteiger partial charge in [0.1, 0.15) is 18.2 Å². The Balaban J connectivity index is 1.59. The molecule has 0 fully saturated rings. The van der Waals surface area contributed by atoms with Gasteiger partial charge in [-0.3, -0.25) is 4.79 Å². The number of anilines is 1. The fraction of sp³-hybridized carbons (Fsp3) is 0.273. The number of rotatable bonds is 5. The van der Waals surface area contributed by atoms with Crippen molar-refractivity contribution in [1.82, 2.24) is 9.55 Å². The summed E-state index contributed by atoms with van der Waals surface area (Å²) >= 11 is 0. The SMILES string of the molecule is Cn1ccnc1COc1ccc(NC(=O)c2ccc(C(C)(C)C)cc2)cc1. The van der Waals surface area contributed by atoms with Crippen LogP contribution < -0.4 is 10.1 Å². The number of imidazole rings is 1. The number of hydrogen-bond donors (Lipinski definition) is 1. The Morgan fingerprint density at radius 3 is 2.30 bits per heavy atom. The Labute approximate surface area is 160 Å². The first-order valence-electron chi connectivity index (χ1n) is 8.94. The topological polar surface area (TPSA) is 56.1 Å². The van der Waals surface area contributed by atoms with Gasteiger partial charge in [0.25, 0.3) is 5.91 Å². The van der Waals surface area contributed by atoms with Crippen LogP contribution in [0.4, 0.5) is 5.69 Å². The highest BCUT2D eigenvalue weighted by atomic mass is 16.5. The summed E-state index contributed by atoms with van der Waals surface area (Å²) in [7, 11) is 1.93. The van der Waals surface area contributed by atoms with Crippen molar-refractivity contribution < 1.29 is 9.53 Å². The van der Waals surface area contributed by atoms with E-state index in [1.807, 2.05) is 66.3 Å². The zero-order valence-corrected chi connectivity index (χ0v) is 16.2. The molecule has 0 radical (unpaired) electrons. The summed E-state index contributed by atoms with van der Waals surface area (Å²) in [5, 5.41) is 2.91. The normalized spacial score (nSPS) is 11.3. The van der Waals surface area contributed by atoms with E-state index >= 15 is 0 Å². The molecule has 0 unspecified atom stereocenters. The smallest absolute Gasteiger partial charge is 0.255 e. The predicted octanol–water partition coefficient (Wildman–Crippen LogP) is 4.55. The maximum atomic E-state index is 12.4. The molecule has 1 amide bonds. The predicted molar refractivity (Wildman–Crippen MR) is 107 cm³/mol. The van der Waals surface area contributed by atoms with E-state index < -0.39 is 0 Å². The molecule has 0 atom stereocenters. The molecule has 0 aliphatic rings. The van der Waals surface area contributed by atoms with Gasteiger partial charge in [-0.25, -0.2) is 4.98 Å². The molecule has 3 rings (SSSR count). The number of aryl methyl sites for hydroxylation is 1. The molecule has 140 valence electrons. The van der Waals surface area contributed by atoms with Crippen LogP contribution in [0.25, 0.3) is 0 Å². The summed E-state index contributed by atoms with van der Waals surface area (Å²) in [5.41, 5.74) is 2.63. The van der Waals surface area contributed by atoms with E-state index in [0.717, 1.165) is 17.3 Å². The summed E-state index contributed by atoms with van der Waals surface area (Å²) in [6.45, 7) is 6.86. The minimum absolute atomic E-state index is 0.0692. The zero-order chi connectivity index (χ0) is 19.4. The minimum atomic E-state index is -0.128. The number of aromatic nitrogens is 2. The fourth-order valence-electron chi connectivity index (χ4n) is 2.64. The number of benzene rings is 2. The second-order valence-electron chi connectivity index (χ2n) is 7.55. The number of carbonyl (C=O) groups is 1. The molecule has 0 spiro atoms. The Morgan fingerprint density at radius 2 is 1.74 bits per heavy atom. The maximum Gasteiger partial charge on any atom is 0.255 e. The average Bonchev–Trinajstić information content (AvgIpc) is 3.05. The lowest BCUT2D eigenvalue weighted by Gasteiger charge is -2.19. The van der Waals surface area contributed by atoms with E-state index in [4.69, 9.17) is 4.74 Å². The van der Waals surface area contributed by atoms with Crippen LogP contribution >= 0.6 is 0 Å². The molecule has 5 heteroatoms. The van der Waals surface area contributed by atoms with Crippen molar-refractivity contribution in [2.45, 2.75) is 32.8 Å². The van der Waals surface area contributed by atoms with Crippen LogP contribution in [-0.4, -0.2) is 15.5 Å². The summed E-state index contributed by atoms with van der Waals surface area (Å²) in [4.78, 5) is 16.6. The van der Waals surface area contributed by atoms with Crippen molar-refractivity contribution in [2.24, 2.45) is 7.05 Å². The van der Waals surface area contributed by atoms with Gasteiger partial charge in [0, 0.05) is 30.7 Å². The highest BCUT2D eigenvalue weighted by Gasteiger charge is 2.14. The van der Waals surface area contributed by atoms with Gasteiger partial charge in [0.05, 0.1) is 0 Å². The first kappa shape index (κ1) is 18.7. The second kappa shape index (κ2) is 7.66. The van der Waals surface area contributed by atoms with Crippen molar-refractivity contribution in [3.05, 3.63) is 77.9 Å². The molecule has 0 aliphatic heterocycles. The molecule has 0 saturated carbocycles. The highest BCUT2D eigenvalue weighted by Crippen LogP contribution is 2.23. The summed E-state index contributed by atoms with van der Waals surface area (Å²) in [5.74, 6) is 1.45. The lowest BCUT2D eigenvalue weighted by atomic mass is 9.87. The quantitative estimate of drug-likeness (QED) is 0.723. The third-order valence-corrected chi connectivity index (χ3v) is 4.41. The summed E-state index contributed by atoms with van der Waals surface area (Å²) < 4.78 is 7.64. The van der Waals surface area contributed by atoms with Crippen LogP contribution in [-0.2, 0) is 19.1 Å². The van der Waals surface area contributed by atoms with Gasteiger partial charge in [-0.2, -0.15) is 0 Å². The van der Waals surface area contributed by atoms with E-state index in [1.54, 1.807) is 6.20 Å². The minimum Gasteiger partial charge on any atom is -0.486 e. The lowest BCUT2D eigenvalue weighted by molar-refractivity contribution is 0.102. The molecule has 5 nitrogen and oxygen atoms in total. The average molecular weight is 363 g/mol. The van der Waals surface area contributed by atoms with Crippen LogP contribution in [0.1, 0.15) is 42.5 Å². The van der Waals surface area contributed by atoms with Gasteiger partial charge < -0.3 is 14.6 Å². The van der Waals surface area contributed by atoms with E-state index in [9.17, 15) is 4.79 Å². The van der Waals surface area contributed by atoms with Crippen LogP contribution in [0.15, 0.2) is 60.9 Å². The molecule has 0 aliphatic carbocycles. The molecule has 27 heavy (non-hydrogen) atoms. The molecule has 0 saturated heterocycles. The van der Waals surface area contributed by atoms with E-state index in [-0.39, 0.29) is 11.3 Å². The van der Waals surface area contributed by atoms with E-state index in [2.05, 4.69) is 31.1 Å². The van der Waals surface area contributed by atoms with Crippen molar-refractivity contribution in [1.29, 1.82) is 0 Å². The van der Waals surface area contributed by atoms with Crippen LogP contribution in [0.2, 0.25) is 0 Å². The second-order valence-corrected chi connectivity index (χ2v) is 7.55. The molecule has 1 N–H and O–H groups in total.